The first kappa shape index (κ1) is 7.98. The number of carbonyl (C=O) groups excluding carboxylic acids is 1. The van der Waals surface area contributed by atoms with E-state index in [1.54, 1.807) is 0 Å². The Hall–Kier alpha value is -0.640. The lowest BCUT2D eigenvalue weighted by atomic mass is 10.2. The van der Waals surface area contributed by atoms with Crippen LogP contribution < -0.4 is 5.32 Å². The zero-order valence-electron chi connectivity index (χ0n) is 6.82. The highest BCUT2D eigenvalue weighted by atomic mass is 32.1. The minimum absolute atomic E-state index is 0.148. The molecule has 0 N–H and O–H groups in total. The van der Waals surface area contributed by atoms with Crippen LogP contribution >= 0.6 is 12.2 Å². The maximum Gasteiger partial charge on any atom is 0.223 e. The lowest BCUT2D eigenvalue weighted by Crippen LogP contribution is -2.39. The summed E-state index contributed by atoms with van der Waals surface area (Å²) in [6.45, 7) is 1.67. The van der Waals surface area contributed by atoms with Crippen molar-refractivity contribution >= 4 is 23.1 Å². The molecule has 0 saturated carbocycles. The van der Waals surface area contributed by atoms with Crippen LogP contribution in [0.3, 0.4) is 0 Å². The Balaban J connectivity index is 2.08. The van der Waals surface area contributed by atoms with Crippen LogP contribution in [0, 0.1) is 0 Å². The second kappa shape index (κ2) is 3.01. The van der Waals surface area contributed by atoms with Crippen molar-refractivity contribution in [3.63, 3.8) is 0 Å². The van der Waals surface area contributed by atoms with Crippen molar-refractivity contribution in [2.45, 2.75) is 25.3 Å². The molecule has 0 aromatic heterocycles. The molecule has 65 valence electrons. The molecular formula is C8H11N2OS. The number of likely N-dealkylation sites (tertiary alicyclic amines) is 1. The molecule has 1 amide bonds. The van der Waals surface area contributed by atoms with Gasteiger partial charge in [-0.3, -0.25) is 10.1 Å². The molecule has 0 aromatic carbocycles. The molecule has 0 aromatic rings. The Kier molecular flexibility index (Phi) is 2.00. The summed E-state index contributed by atoms with van der Waals surface area (Å²) in [6.07, 6.45) is 2.61. The molecule has 1 atom stereocenters. The number of thiocarbonyl (C=S) groups is 1. The van der Waals surface area contributed by atoms with E-state index in [1.807, 2.05) is 4.90 Å². The van der Waals surface area contributed by atoms with Gasteiger partial charge in [0.2, 0.25) is 5.91 Å². The number of nitrogens with zero attached hydrogens (tertiary/aromatic N) is 2. The summed E-state index contributed by atoms with van der Waals surface area (Å²) in [4.78, 5) is 13.9. The van der Waals surface area contributed by atoms with Crippen LogP contribution in [-0.4, -0.2) is 34.9 Å². The molecule has 1 radical (unpaired) electrons. The van der Waals surface area contributed by atoms with Crippen molar-refractivity contribution < 1.29 is 4.79 Å². The van der Waals surface area contributed by atoms with Gasteiger partial charge in [0.15, 0.2) is 0 Å². The molecule has 3 nitrogen and oxygen atoms in total. The molecule has 2 aliphatic heterocycles. The molecule has 2 rings (SSSR count). The van der Waals surface area contributed by atoms with Gasteiger partial charge in [0.1, 0.15) is 4.99 Å². The summed E-state index contributed by atoms with van der Waals surface area (Å²) >= 11 is 5.07. The van der Waals surface area contributed by atoms with Gasteiger partial charge >= 0.3 is 0 Å². The normalized spacial score (nSPS) is 29.7. The van der Waals surface area contributed by atoms with Gasteiger partial charge in [-0.1, -0.05) is 12.2 Å². The molecule has 1 unspecified atom stereocenters. The zero-order valence-corrected chi connectivity index (χ0v) is 7.64. The van der Waals surface area contributed by atoms with E-state index in [0.717, 1.165) is 30.9 Å². The highest BCUT2D eigenvalue weighted by Gasteiger charge is 2.33. The largest absolute Gasteiger partial charge is 0.333 e. The number of rotatable bonds is 1. The third-order valence-electron chi connectivity index (χ3n) is 2.44. The zero-order chi connectivity index (χ0) is 8.55. The number of hydrogen-bond acceptors (Lipinski definition) is 2. The molecular weight excluding hydrogens is 172 g/mol. The summed E-state index contributed by atoms with van der Waals surface area (Å²) in [6, 6.07) is 0.148. The maximum absolute atomic E-state index is 11.3. The molecule has 2 heterocycles. The molecule has 0 aliphatic carbocycles. The molecule has 0 spiro atoms. The van der Waals surface area contributed by atoms with Crippen molar-refractivity contribution in [2.24, 2.45) is 0 Å². The predicted molar refractivity (Wildman–Crippen MR) is 49.0 cm³/mol. The molecule has 2 saturated heterocycles. The second-order valence-electron chi connectivity index (χ2n) is 3.22. The first-order valence-electron chi connectivity index (χ1n) is 4.30. The number of carbonyl (C=O) groups is 1. The van der Waals surface area contributed by atoms with Crippen LogP contribution in [0.25, 0.3) is 0 Å². The average molecular weight is 183 g/mol. The summed E-state index contributed by atoms with van der Waals surface area (Å²) < 4.78 is 0. The Morgan fingerprint density at radius 3 is 2.92 bits per heavy atom. The van der Waals surface area contributed by atoms with Crippen molar-refractivity contribution in [2.75, 3.05) is 13.1 Å². The third kappa shape index (κ3) is 1.20. The van der Waals surface area contributed by atoms with Gasteiger partial charge in [0.05, 0.1) is 6.04 Å². The van der Waals surface area contributed by atoms with Crippen LogP contribution in [0.5, 0.6) is 0 Å². The van der Waals surface area contributed by atoms with Gasteiger partial charge in [0, 0.05) is 19.5 Å². The monoisotopic (exact) mass is 183 g/mol. The molecule has 2 aliphatic rings. The smallest absolute Gasteiger partial charge is 0.223 e. The quantitative estimate of drug-likeness (QED) is 0.548. The summed E-state index contributed by atoms with van der Waals surface area (Å²) in [5.74, 6) is 0.249. The minimum Gasteiger partial charge on any atom is -0.333 e. The van der Waals surface area contributed by atoms with E-state index in [4.69, 9.17) is 12.2 Å². The van der Waals surface area contributed by atoms with Crippen molar-refractivity contribution in [1.82, 2.24) is 10.2 Å². The first-order valence-corrected chi connectivity index (χ1v) is 4.70. The first-order chi connectivity index (χ1) is 5.79. The van der Waals surface area contributed by atoms with E-state index in [-0.39, 0.29) is 11.9 Å². The minimum atomic E-state index is 0.148. The molecule has 2 fully saturated rings. The number of hydrogen-bond donors (Lipinski definition) is 0. The molecule has 0 bridgehead atoms. The van der Waals surface area contributed by atoms with Gasteiger partial charge in [-0.25, -0.2) is 0 Å². The van der Waals surface area contributed by atoms with Crippen LogP contribution in [-0.2, 0) is 4.79 Å². The van der Waals surface area contributed by atoms with Gasteiger partial charge in [-0.15, -0.1) is 0 Å². The lowest BCUT2D eigenvalue weighted by Gasteiger charge is -2.22. The third-order valence-corrected chi connectivity index (χ3v) is 2.84. The Labute approximate surface area is 77.1 Å². The topological polar surface area (TPSA) is 34.4 Å². The second-order valence-corrected chi connectivity index (χ2v) is 3.63. The maximum atomic E-state index is 11.3. The molecule has 12 heavy (non-hydrogen) atoms. The van der Waals surface area contributed by atoms with E-state index in [0.29, 0.717) is 6.42 Å². The fraction of sp³-hybridized carbons (Fsp3) is 0.750. The van der Waals surface area contributed by atoms with Crippen LogP contribution in [0.1, 0.15) is 19.3 Å². The van der Waals surface area contributed by atoms with E-state index >= 15 is 0 Å². The van der Waals surface area contributed by atoms with E-state index in [2.05, 4.69) is 5.32 Å². The predicted octanol–water partition coefficient (Wildman–Crippen LogP) is 0.313. The van der Waals surface area contributed by atoms with Crippen LogP contribution in [0.4, 0.5) is 0 Å². The fourth-order valence-corrected chi connectivity index (χ4v) is 2.15. The van der Waals surface area contributed by atoms with Gasteiger partial charge in [0.25, 0.3) is 0 Å². The van der Waals surface area contributed by atoms with Crippen LogP contribution in [0.15, 0.2) is 0 Å². The molecule has 4 heteroatoms. The lowest BCUT2D eigenvalue weighted by molar-refractivity contribution is -0.128. The standard InChI is InChI=1S/C8H11N2OS/c11-7-2-1-5-10(7)6-3-4-9-8(6)12/h6H,1-5H2. The SMILES string of the molecule is O=C1CCCN1C1CC[N]C1=S. The Morgan fingerprint density at radius 1 is 1.58 bits per heavy atom. The number of amides is 1. The van der Waals surface area contributed by atoms with Gasteiger partial charge in [-0.2, -0.15) is 0 Å². The van der Waals surface area contributed by atoms with Crippen molar-refractivity contribution in [1.29, 1.82) is 0 Å². The van der Waals surface area contributed by atoms with E-state index in [9.17, 15) is 4.79 Å². The highest BCUT2D eigenvalue weighted by Crippen LogP contribution is 2.19. The van der Waals surface area contributed by atoms with Crippen molar-refractivity contribution in [3.8, 4) is 0 Å². The van der Waals surface area contributed by atoms with Gasteiger partial charge < -0.3 is 4.90 Å². The Morgan fingerprint density at radius 2 is 2.42 bits per heavy atom. The summed E-state index contributed by atoms with van der Waals surface area (Å²) in [5.41, 5.74) is 0. The van der Waals surface area contributed by atoms with Crippen molar-refractivity contribution in [3.05, 3.63) is 0 Å². The van der Waals surface area contributed by atoms with E-state index in [1.165, 1.54) is 0 Å². The Bertz CT molecular complexity index is 205. The average Bonchev–Trinajstić information content (AvgIpc) is 2.59. The van der Waals surface area contributed by atoms with E-state index < -0.39 is 0 Å². The highest BCUT2D eigenvalue weighted by molar-refractivity contribution is 7.80. The fourth-order valence-electron chi connectivity index (χ4n) is 1.81. The summed E-state index contributed by atoms with van der Waals surface area (Å²) in [5, 5.41) is 4.13. The summed E-state index contributed by atoms with van der Waals surface area (Å²) in [7, 11) is 0. The van der Waals surface area contributed by atoms with Gasteiger partial charge in [-0.05, 0) is 12.8 Å². The van der Waals surface area contributed by atoms with Crippen LogP contribution in [0.2, 0.25) is 0 Å².